The number of amides is 2. The average Bonchev–Trinajstić information content (AvgIpc) is 2.46. The van der Waals surface area contributed by atoms with Crippen LogP contribution in [0.4, 0.5) is 10.1 Å². The van der Waals surface area contributed by atoms with E-state index in [4.69, 9.17) is 10.5 Å². The number of ether oxygens (including phenoxy) is 1. The minimum absolute atomic E-state index is 0.0272. The standard InChI is InChI=1S/C16H15FN2O3/c1-9-4-3-5-12(14(9)15(18)20)19-16(21)11-8-10(17)6-7-13(11)22-2/h3-8H,1-2H3,(H2,18,20)(H,19,21). The number of nitrogens with one attached hydrogen (secondary N) is 1. The Bertz CT molecular complexity index is 744. The van der Waals surface area contributed by atoms with Crippen molar-refractivity contribution in [3.05, 3.63) is 58.9 Å². The molecular formula is C16H15FN2O3. The molecule has 0 aliphatic rings. The third-order valence-corrected chi connectivity index (χ3v) is 3.17. The maximum atomic E-state index is 13.3. The summed E-state index contributed by atoms with van der Waals surface area (Å²) in [7, 11) is 1.38. The molecule has 0 bridgehead atoms. The molecule has 2 aromatic carbocycles. The van der Waals surface area contributed by atoms with E-state index in [1.807, 2.05) is 0 Å². The number of primary amides is 1. The first kappa shape index (κ1) is 15.5. The fourth-order valence-corrected chi connectivity index (χ4v) is 2.15. The minimum atomic E-state index is -0.653. The van der Waals surface area contributed by atoms with E-state index in [-0.39, 0.29) is 22.6 Å². The maximum Gasteiger partial charge on any atom is 0.259 e. The number of nitrogens with two attached hydrogens (primary N) is 1. The highest BCUT2D eigenvalue weighted by atomic mass is 19.1. The number of methoxy groups -OCH3 is 1. The molecule has 3 N–H and O–H groups in total. The molecule has 2 rings (SSSR count). The average molecular weight is 302 g/mol. The van der Waals surface area contributed by atoms with Crippen molar-refractivity contribution in [2.75, 3.05) is 12.4 Å². The lowest BCUT2D eigenvalue weighted by molar-refractivity contribution is 0.100. The molecule has 0 aliphatic carbocycles. The van der Waals surface area contributed by atoms with Crippen LogP contribution in [0.2, 0.25) is 0 Å². The molecule has 6 heteroatoms. The molecule has 0 saturated carbocycles. The summed E-state index contributed by atoms with van der Waals surface area (Å²) in [6.45, 7) is 1.71. The molecule has 0 aliphatic heterocycles. The molecule has 0 radical (unpaired) electrons. The van der Waals surface area contributed by atoms with Crippen LogP contribution in [0, 0.1) is 12.7 Å². The highest BCUT2D eigenvalue weighted by molar-refractivity contribution is 6.10. The second-order valence-corrected chi connectivity index (χ2v) is 4.66. The Morgan fingerprint density at radius 3 is 2.59 bits per heavy atom. The lowest BCUT2D eigenvalue weighted by atomic mass is 10.1. The van der Waals surface area contributed by atoms with E-state index in [0.717, 1.165) is 6.07 Å². The van der Waals surface area contributed by atoms with E-state index in [9.17, 15) is 14.0 Å². The van der Waals surface area contributed by atoms with Gasteiger partial charge in [0.25, 0.3) is 11.8 Å². The first-order chi connectivity index (χ1) is 10.4. The summed E-state index contributed by atoms with van der Waals surface area (Å²) >= 11 is 0. The molecule has 2 amide bonds. The number of rotatable bonds is 4. The number of carbonyl (C=O) groups is 2. The number of aryl methyl sites for hydroxylation is 1. The van der Waals surface area contributed by atoms with Crippen molar-refractivity contribution >= 4 is 17.5 Å². The number of halogens is 1. The monoisotopic (exact) mass is 302 g/mol. The lowest BCUT2D eigenvalue weighted by Crippen LogP contribution is -2.20. The quantitative estimate of drug-likeness (QED) is 0.910. The van der Waals surface area contributed by atoms with E-state index < -0.39 is 17.6 Å². The highest BCUT2D eigenvalue weighted by Gasteiger charge is 2.17. The van der Waals surface area contributed by atoms with Gasteiger partial charge in [0.2, 0.25) is 0 Å². The number of benzene rings is 2. The fourth-order valence-electron chi connectivity index (χ4n) is 2.15. The van der Waals surface area contributed by atoms with Crippen LogP contribution < -0.4 is 15.8 Å². The molecule has 2 aromatic rings. The Kier molecular flexibility index (Phi) is 4.41. The summed E-state index contributed by atoms with van der Waals surface area (Å²) in [6, 6.07) is 8.55. The predicted octanol–water partition coefficient (Wildman–Crippen LogP) is 2.49. The van der Waals surface area contributed by atoms with Crippen molar-refractivity contribution in [3.63, 3.8) is 0 Å². The Morgan fingerprint density at radius 1 is 1.23 bits per heavy atom. The molecule has 0 unspecified atom stereocenters. The van der Waals surface area contributed by atoms with Crippen molar-refractivity contribution in [2.24, 2.45) is 5.73 Å². The van der Waals surface area contributed by atoms with Gasteiger partial charge in [0, 0.05) is 0 Å². The number of hydrogen-bond acceptors (Lipinski definition) is 3. The van der Waals surface area contributed by atoms with Gasteiger partial charge in [-0.15, -0.1) is 0 Å². The number of carbonyl (C=O) groups excluding carboxylic acids is 2. The van der Waals surface area contributed by atoms with Crippen LogP contribution in [-0.2, 0) is 0 Å². The van der Waals surface area contributed by atoms with E-state index in [2.05, 4.69) is 5.32 Å². The lowest BCUT2D eigenvalue weighted by Gasteiger charge is -2.13. The van der Waals surface area contributed by atoms with E-state index in [0.29, 0.717) is 5.56 Å². The van der Waals surface area contributed by atoms with Crippen LogP contribution in [-0.4, -0.2) is 18.9 Å². The Hall–Kier alpha value is -2.89. The second kappa shape index (κ2) is 6.26. The molecule has 0 spiro atoms. The van der Waals surface area contributed by atoms with E-state index in [1.54, 1.807) is 25.1 Å². The molecule has 0 atom stereocenters. The topological polar surface area (TPSA) is 81.4 Å². The zero-order valence-corrected chi connectivity index (χ0v) is 12.1. The van der Waals surface area contributed by atoms with Gasteiger partial charge in [-0.1, -0.05) is 12.1 Å². The summed E-state index contributed by atoms with van der Waals surface area (Å²) < 4.78 is 18.4. The molecule has 22 heavy (non-hydrogen) atoms. The van der Waals surface area contributed by atoms with Gasteiger partial charge in [-0.25, -0.2) is 4.39 Å². The van der Waals surface area contributed by atoms with E-state index >= 15 is 0 Å². The van der Waals surface area contributed by atoms with Crippen molar-refractivity contribution in [1.29, 1.82) is 0 Å². The van der Waals surface area contributed by atoms with Gasteiger partial charge in [-0.05, 0) is 36.8 Å². The van der Waals surface area contributed by atoms with Crippen LogP contribution in [0.5, 0.6) is 5.75 Å². The van der Waals surface area contributed by atoms with Crippen molar-refractivity contribution < 1.29 is 18.7 Å². The smallest absolute Gasteiger partial charge is 0.259 e. The summed E-state index contributed by atoms with van der Waals surface area (Å²) in [4.78, 5) is 23.8. The molecule has 5 nitrogen and oxygen atoms in total. The van der Waals surface area contributed by atoms with Gasteiger partial charge >= 0.3 is 0 Å². The van der Waals surface area contributed by atoms with Crippen LogP contribution >= 0.6 is 0 Å². The molecule has 0 aromatic heterocycles. The van der Waals surface area contributed by atoms with Crippen LogP contribution in [0.3, 0.4) is 0 Å². The summed E-state index contributed by atoms with van der Waals surface area (Å²) in [5.41, 5.74) is 6.48. The van der Waals surface area contributed by atoms with Gasteiger partial charge < -0.3 is 15.8 Å². The third-order valence-electron chi connectivity index (χ3n) is 3.17. The molecular weight excluding hydrogens is 287 g/mol. The minimum Gasteiger partial charge on any atom is -0.496 e. The summed E-state index contributed by atoms with van der Waals surface area (Å²) in [6.07, 6.45) is 0. The van der Waals surface area contributed by atoms with Crippen molar-refractivity contribution in [1.82, 2.24) is 0 Å². The molecule has 0 heterocycles. The van der Waals surface area contributed by atoms with Crippen molar-refractivity contribution in [2.45, 2.75) is 6.92 Å². The Labute approximate surface area is 126 Å². The van der Waals surface area contributed by atoms with Crippen LogP contribution in [0.15, 0.2) is 36.4 Å². The second-order valence-electron chi connectivity index (χ2n) is 4.66. The Balaban J connectivity index is 2.40. The Morgan fingerprint density at radius 2 is 1.95 bits per heavy atom. The van der Waals surface area contributed by atoms with Gasteiger partial charge in [0.15, 0.2) is 0 Å². The largest absolute Gasteiger partial charge is 0.496 e. The number of hydrogen-bond donors (Lipinski definition) is 2. The predicted molar refractivity (Wildman–Crippen MR) is 80.6 cm³/mol. The maximum absolute atomic E-state index is 13.3. The zero-order valence-electron chi connectivity index (χ0n) is 12.1. The summed E-state index contributed by atoms with van der Waals surface area (Å²) in [5.74, 6) is -1.58. The first-order valence-electron chi connectivity index (χ1n) is 6.48. The van der Waals surface area contributed by atoms with Gasteiger partial charge in [0.05, 0.1) is 23.9 Å². The highest BCUT2D eigenvalue weighted by Crippen LogP contribution is 2.23. The fraction of sp³-hybridized carbons (Fsp3) is 0.125. The van der Waals surface area contributed by atoms with Crippen LogP contribution in [0.1, 0.15) is 26.3 Å². The van der Waals surface area contributed by atoms with Crippen LogP contribution in [0.25, 0.3) is 0 Å². The SMILES string of the molecule is COc1ccc(F)cc1C(=O)Nc1cccc(C)c1C(N)=O. The normalized spacial score (nSPS) is 10.1. The molecule has 114 valence electrons. The van der Waals surface area contributed by atoms with Gasteiger partial charge in [-0.2, -0.15) is 0 Å². The summed E-state index contributed by atoms with van der Waals surface area (Å²) in [5, 5.41) is 2.56. The molecule has 0 fully saturated rings. The van der Waals surface area contributed by atoms with E-state index in [1.165, 1.54) is 19.2 Å². The molecule has 0 saturated heterocycles. The van der Waals surface area contributed by atoms with Gasteiger partial charge in [-0.3, -0.25) is 9.59 Å². The van der Waals surface area contributed by atoms with Gasteiger partial charge in [0.1, 0.15) is 11.6 Å². The third kappa shape index (κ3) is 3.06. The zero-order chi connectivity index (χ0) is 16.3. The first-order valence-corrected chi connectivity index (χ1v) is 6.48. The number of anilines is 1. The van der Waals surface area contributed by atoms with Crippen molar-refractivity contribution in [3.8, 4) is 5.75 Å².